The largest absolute Gasteiger partial charge is 0.495 e. The molecule has 0 aliphatic heterocycles. The van der Waals surface area contributed by atoms with Crippen LogP contribution in [0.4, 0.5) is 8.78 Å². The first kappa shape index (κ1) is 10.8. The third kappa shape index (κ3) is 2.36. The number of nitrogens with one attached hydrogen (secondary N) is 1. The number of alkyl halides is 2. The van der Waals surface area contributed by atoms with Gasteiger partial charge in [0.15, 0.2) is 0 Å². The van der Waals surface area contributed by atoms with Crippen molar-refractivity contribution in [1.82, 2.24) is 10.4 Å². The molecule has 1 rings (SSSR count). The van der Waals surface area contributed by atoms with Crippen LogP contribution in [0.25, 0.3) is 0 Å². The Balaban J connectivity index is 2.92. The molecular formula is C8H11F2N3O. The number of methoxy groups -OCH3 is 1. The normalized spacial score (nSPS) is 12.9. The van der Waals surface area contributed by atoms with Gasteiger partial charge in [0.1, 0.15) is 11.8 Å². The third-order valence-electron chi connectivity index (χ3n) is 1.76. The van der Waals surface area contributed by atoms with Crippen molar-refractivity contribution in [2.75, 3.05) is 7.11 Å². The van der Waals surface area contributed by atoms with E-state index in [4.69, 9.17) is 10.6 Å². The molecule has 3 N–H and O–H groups in total. The van der Waals surface area contributed by atoms with Crippen molar-refractivity contribution in [2.45, 2.75) is 12.5 Å². The number of hydrogen-bond acceptors (Lipinski definition) is 4. The molecule has 0 spiro atoms. The van der Waals surface area contributed by atoms with E-state index in [0.29, 0.717) is 11.3 Å². The molecule has 0 amide bonds. The van der Waals surface area contributed by atoms with Gasteiger partial charge in [0.05, 0.1) is 13.3 Å². The average molecular weight is 203 g/mol. The summed E-state index contributed by atoms with van der Waals surface area (Å²) in [6.07, 6.45) is 0.163. The fraction of sp³-hybridized carbons (Fsp3) is 0.375. The van der Waals surface area contributed by atoms with Crippen LogP contribution in [0.1, 0.15) is 11.6 Å². The molecule has 4 nitrogen and oxygen atoms in total. The lowest BCUT2D eigenvalue weighted by atomic mass is 10.1. The van der Waals surface area contributed by atoms with Crippen molar-refractivity contribution in [1.29, 1.82) is 0 Å². The van der Waals surface area contributed by atoms with Crippen molar-refractivity contribution in [3.63, 3.8) is 0 Å². The molecule has 0 saturated carbocycles. The molecule has 0 aliphatic carbocycles. The lowest BCUT2D eigenvalue weighted by Crippen LogP contribution is -2.32. The van der Waals surface area contributed by atoms with Gasteiger partial charge >= 0.3 is 0 Å². The predicted molar refractivity (Wildman–Crippen MR) is 46.9 cm³/mol. The van der Waals surface area contributed by atoms with Gasteiger partial charge in [-0.2, -0.15) is 0 Å². The van der Waals surface area contributed by atoms with Gasteiger partial charge in [-0.05, 0) is 11.6 Å². The first-order chi connectivity index (χ1) is 6.69. The maximum absolute atomic E-state index is 12.4. The zero-order valence-corrected chi connectivity index (χ0v) is 7.58. The monoisotopic (exact) mass is 203 g/mol. The van der Waals surface area contributed by atoms with Crippen LogP contribution in [0.15, 0.2) is 18.5 Å². The highest BCUT2D eigenvalue weighted by molar-refractivity contribution is 5.26. The second-order valence-corrected chi connectivity index (χ2v) is 2.64. The summed E-state index contributed by atoms with van der Waals surface area (Å²) in [7, 11) is 1.44. The summed E-state index contributed by atoms with van der Waals surface area (Å²) < 4.78 is 29.7. The quantitative estimate of drug-likeness (QED) is 0.562. The zero-order chi connectivity index (χ0) is 10.6. The maximum atomic E-state index is 12.4. The van der Waals surface area contributed by atoms with E-state index in [-0.39, 0.29) is 0 Å². The molecule has 0 radical (unpaired) electrons. The minimum Gasteiger partial charge on any atom is -0.495 e. The summed E-state index contributed by atoms with van der Waals surface area (Å²) in [5.41, 5.74) is 2.32. The smallest absolute Gasteiger partial charge is 0.259 e. The van der Waals surface area contributed by atoms with Gasteiger partial charge in [-0.25, -0.2) is 14.2 Å². The van der Waals surface area contributed by atoms with Gasteiger partial charge < -0.3 is 4.74 Å². The van der Waals surface area contributed by atoms with Crippen LogP contribution in [0, 0.1) is 0 Å². The minimum atomic E-state index is -2.59. The molecule has 0 aliphatic rings. The van der Waals surface area contributed by atoms with E-state index >= 15 is 0 Å². The SMILES string of the molecule is COc1cncc(C(NN)C(F)F)c1. The van der Waals surface area contributed by atoms with Gasteiger partial charge in [0.2, 0.25) is 0 Å². The third-order valence-corrected chi connectivity index (χ3v) is 1.76. The fourth-order valence-corrected chi connectivity index (χ4v) is 1.03. The van der Waals surface area contributed by atoms with Crippen LogP contribution in [0.3, 0.4) is 0 Å². The van der Waals surface area contributed by atoms with Crippen LogP contribution >= 0.6 is 0 Å². The fourth-order valence-electron chi connectivity index (χ4n) is 1.03. The number of nitrogens with zero attached hydrogens (tertiary/aromatic N) is 1. The lowest BCUT2D eigenvalue weighted by molar-refractivity contribution is 0.0984. The highest BCUT2D eigenvalue weighted by Crippen LogP contribution is 2.21. The van der Waals surface area contributed by atoms with E-state index < -0.39 is 12.5 Å². The van der Waals surface area contributed by atoms with E-state index in [2.05, 4.69) is 4.98 Å². The number of halogens is 2. The topological polar surface area (TPSA) is 60.2 Å². The van der Waals surface area contributed by atoms with Crippen molar-refractivity contribution >= 4 is 0 Å². The Kier molecular flexibility index (Phi) is 3.73. The first-order valence-electron chi connectivity index (χ1n) is 3.92. The summed E-state index contributed by atoms with van der Waals surface area (Å²) in [6, 6.07) is 0.238. The molecule has 1 aromatic heterocycles. The molecule has 78 valence electrons. The number of hydrogen-bond donors (Lipinski definition) is 2. The van der Waals surface area contributed by atoms with E-state index in [9.17, 15) is 8.78 Å². The van der Waals surface area contributed by atoms with E-state index in [0.717, 1.165) is 0 Å². The van der Waals surface area contributed by atoms with Crippen molar-refractivity contribution < 1.29 is 13.5 Å². The van der Waals surface area contributed by atoms with Gasteiger partial charge in [0.25, 0.3) is 6.43 Å². The molecular weight excluding hydrogens is 192 g/mol. The number of hydrazine groups is 1. The molecule has 1 aromatic rings. The number of aromatic nitrogens is 1. The van der Waals surface area contributed by atoms with Crippen LogP contribution in [0.2, 0.25) is 0 Å². The van der Waals surface area contributed by atoms with Crippen molar-refractivity contribution in [2.24, 2.45) is 5.84 Å². The number of nitrogens with two attached hydrogens (primary N) is 1. The highest BCUT2D eigenvalue weighted by atomic mass is 19.3. The molecule has 14 heavy (non-hydrogen) atoms. The second-order valence-electron chi connectivity index (χ2n) is 2.64. The number of ether oxygens (including phenoxy) is 1. The highest BCUT2D eigenvalue weighted by Gasteiger charge is 2.21. The lowest BCUT2D eigenvalue weighted by Gasteiger charge is -2.14. The molecule has 1 atom stereocenters. The number of rotatable bonds is 4. The Morgan fingerprint density at radius 2 is 2.21 bits per heavy atom. The van der Waals surface area contributed by atoms with Crippen LogP contribution in [-0.2, 0) is 0 Å². The second kappa shape index (κ2) is 4.83. The van der Waals surface area contributed by atoms with Crippen molar-refractivity contribution in [3.8, 4) is 5.75 Å². The zero-order valence-electron chi connectivity index (χ0n) is 7.58. The average Bonchev–Trinajstić information content (AvgIpc) is 2.19. The Hall–Kier alpha value is -1.27. The summed E-state index contributed by atoms with van der Waals surface area (Å²) in [5.74, 6) is 5.42. The van der Waals surface area contributed by atoms with Gasteiger partial charge in [-0.3, -0.25) is 10.8 Å². The summed E-state index contributed by atoms with van der Waals surface area (Å²) in [4.78, 5) is 3.75. The van der Waals surface area contributed by atoms with Crippen molar-refractivity contribution in [3.05, 3.63) is 24.0 Å². The molecule has 0 aromatic carbocycles. The standard InChI is InChI=1S/C8H11F2N3O/c1-14-6-2-5(3-12-4-6)7(13-11)8(9)10/h2-4,7-8,13H,11H2,1H3. The molecule has 1 unspecified atom stereocenters. The predicted octanol–water partition coefficient (Wildman–Crippen LogP) is 0.860. The molecule has 6 heteroatoms. The van der Waals surface area contributed by atoms with Crippen LogP contribution in [-0.4, -0.2) is 18.5 Å². The van der Waals surface area contributed by atoms with Gasteiger partial charge in [-0.1, -0.05) is 0 Å². The van der Waals surface area contributed by atoms with Crippen LogP contribution < -0.4 is 16.0 Å². The first-order valence-corrected chi connectivity index (χ1v) is 3.92. The van der Waals surface area contributed by atoms with Gasteiger partial charge in [0, 0.05) is 6.20 Å². The molecule has 0 fully saturated rings. The van der Waals surface area contributed by atoms with Gasteiger partial charge in [-0.15, -0.1) is 0 Å². The van der Waals surface area contributed by atoms with Crippen LogP contribution in [0.5, 0.6) is 5.75 Å². The van der Waals surface area contributed by atoms with E-state index in [1.165, 1.54) is 25.6 Å². The van der Waals surface area contributed by atoms with E-state index in [1.54, 1.807) is 0 Å². The Labute approximate surface area is 80.1 Å². The minimum absolute atomic E-state index is 0.293. The summed E-state index contributed by atoms with van der Waals surface area (Å²) >= 11 is 0. The molecule has 1 heterocycles. The Morgan fingerprint density at radius 1 is 1.50 bits per heavy atom. The molecule has 0 bridgehead atoms. The summed E-state index contributed by atoms with van der Waals surface area (Å²) in [6.45, 7) is 0. The summed E-state index contributed by atoms with van der Waals surface area (Å²) in [5, 5.41) is 0. The Morgan fingerprint density at radius 3 is 2.71 bits per heavy atom. The Bertz CT molecular complexity index is 296. The van der Waals surface area contributed by atoms with E-state index in [1.807, 2.05) is 5.43 Å². The maximum Gasteiger partial charge on any atom is 0.259 e. The molecule has 0 saturated heterocycles. The number of pyridine rings is 1.